The lowest BCUT2D eigenvalue weighted by atomic mass is 10.3. The van der Waals surface area contributed by atoms with E-state index in [4.69, 9.17) is 18.9 Å². The number of hydrogen-bond acceptors (Lipinski definition) is 10. The third kappa shape index (κ3) is 7.26. The van der Waals surface area contributed by atoms with Crippen LogP contribution in [0.15, 0.2) is 72.8 Å². The minimum atomic E-state index is 0.584. The summed E-state index contributed by atoms with van der Waals surface area (Å²) >= 11 is 10.8. The molecule has 0 fully saturated rings. The molecular weight excluding hydrogens is 641 g/mol. The van der Waals surface area contributed by atoms with Gasteiger partial charge in [-0.1, -0.05) is 22.7 Å². The molecule has 0 atom stereocenters. The molecule has 218 valence electrons. The van der Waals surface area contributed by atoms with Crippen LogP contribution >= 0.6 is 68.0 Å². The molecule has 6 rings (SSSR count). The molecule has 6 aromatic rings. The minimum absolute atomic E-state index is 0.584. The first-order valence-electron chi connectivity index (χ1n) is 13.7. The van der Waals surface area contributed by atoms with E-state index in [-0.39, 0.29) is 0 Å². The van der Waals surface area contributed by atoms with Crippen LogP contribution < -0.4 is 9.47 Å². The second kappa shape index (κ2) is 14.5. The standard InChI is InChI=1S/C32H30O4S6/c1-3-33-17-19-35-31-15-13-29(41-31)27-11-9-25(39-27)23-7-5-21(37-23)22-6-8-24(38-22)26-10-12-28(40-26)30-14-16-32(42-30)36-20-18-34-4-2/h5-16H,3-4,17-20H2,1-2H3. The second-order valence-corrected chi connectivity index (χ2v) is 15.4. The van der Waals surface area contributed by atoms with Crippen LogP contribution in [0.5, 0.6) is 10.1 Å². The zero-order valence-electron chi connectivity index (χ0n) is 23.3. The number of thiophene rings is 6. The van der Waals surface area contributed by atoms with Crippen molar-refractivity contribution < 1.29 is 18.9 Å². The Labute approximate surface area is 270 Å². The van der Waals surface area contributed by atoms with Gasteiger partial charge in [0.05, 0.1) is 13.2 Å². The van der Waals surface area contributed by atoms with Crippen molar-refractivity contribution in [2.45, 2.75) is 13.8 Å². The highest BCUT2D eigenvalue weighted by Gasteiger charge is 2.14. The van der Waals surface area contributed by atoms with Crippen molar-refractivity contribution in [1.29, 1.82) is 0 Å². The van der Waals surface area contributed by atoms with E-state index in [1.165, 1.54) is 48.8 Å². The predicted octanol–water partition coefficient (Wildman–Crippen LogP) is 11.2. The topological polar surface area (TPSA) is 36.9 Å². The van der Waals surface area contributed by atoms with Crippen LogP contribution in [0.3, 0.4) is 0 Å². The Balaban J connectivity index is 1.09. The molecule has 0 saturated heterocycles. The largest absolute Gasteiger partial charge is 0.482 e. The summed E-state index contributed by atoms with van der Waals surface area (Å²) in [4.78, 5) is 12.8. The van der Waals surface area contributed by atoms with Gasteiger partial charge in [0.2, 0.25) is 0 Å². The van der Waals surface area contributed by atoms with Crippen molar-refractivity contribution in [1.82, 2.24) is 0 Å². The van der Waals surface area contributed by atoms with Crippen LogP contribution in [-0.2, 0) is 9.47 Å². The van der Waals surface area contributed by atoms with Crippen molar-refractivity contribution in [3.63, 3.8) is 0 Å². The molecule has 42 heavy (non-hydrogen) atoms. The lowest BCUT2D eigenvalue weighted by molar-refractivity contribution is 0.111. The van der Waals surface area contributed by atoms with Gasteiger partial charge in [-0.3, -0.25) is 0 Å². The average Bonchev–Trinajstić information content (AvgIpc) is 3.83. The van der Waals surface area contributed by atoms with Gasteiger partial charge in [0, 0.05) is 62.0 Å². The van der Waals surface area contributed by atoms with Gasteiger partial charge in [0.25, 0.3) is 0 Å². The fourth-order valence-electron chi connectivity index (χ4n) is 4.16. The first-order chi connectivity index (χ1) is 20.7. The Kier molecular flexibility index (Phi) is 10.3. The van der Waals surface area contributed by atoms with Gasteiger partial charge in [-0.15, -0.1) is 45.3 Å². The van der Waals surface area contributed by atoms with Gasteiger partial charge in [0.1, 0.15) is 13.2 Å². The quantitative estimate of drug-likeness (QED) is 0.102. The maximum absolute atomic E-state index is 5.83. The van der Waals surface area contributed by atoms with E-state index < -0.39 is 0 Å². The van der Waals surface area contributed by atoms with Crippen LogP contribution in [0, 0.1) is 0 Å². The zero-order valence-corrected chi connectivity index (χ0v) is 28.2. The summed E-state index contributed by atoms with van der Waals surface area (Å²) in [6.07, 6.45) is 0. The van der Waals surface area contributed by atoms with Gasteiger partial charge in [0.15, 0.2) is 10.1 Å². The van der Waals surface area contributed by atoms with E-state index >= 15 is 0 Å². The van der Waals surface area contributed by atoms with Crippen molar-refractivity contribution in [3.05, 3.63) is 72.8 Å². The Morgan fingerprint density at radius 3 is 0.905 bits per heavy atom. The van der Waals surface area contributed by atoms with E-state index in [0.717, 1.165) is 10.1 Å². The fourth-order valence-corrected chi connectivity index (χ4v) is 10.4. The first kappa shape index (κ1) is 29.8. The van der Waals surface area contributed by atoms with E-state index in [1.807, 2.05) is 59.2 Å². The summed E-state index contributed by atoms with van der Waals surface area (Å²) in [5.74, 6) is 0. The van der Waals surface area contributed by atoms with E-state index in [9.17, 15) is 0 Å². The highest BCUT2D eigenvalue weighted by Crippen LogP contribution is 2.46. The summed E-state index contributed by atoms with van der Waals surface area (Å²) in [7, 11) is 0. The van der Waals surface area contributed by atoms with Crippen LogP contribution in [0.25, 0.3) is 48.8 Å². The highest BCUT2D eigenvalue weighted by molar-refractivity contribution is 7.30. The Morgan fingerprint density at radius 1 is 0.357 bits per heavy atom. The van der Waals surface area contributed by atoms with E-state index in [2.05, 4.69) is 72.8 Å². The summed E-state index contributed by atoms with van der Waals surface area (Å²) < 4.78 is 22.4. The summed E-state index contributed by atoms with van der Waals surface area (Å²) in [5.41, 5.74) is 0. The Bertz CT molecular complexity index is 1570. The van der Waals surface area contributed by atoms with Crippen molar-refractivity contribution in [3.8, 4) is 58.9 Å². The van der Waals surface area contributed by atoms with E-state index in [0.29, 0.717) is 39.6 Å². The van der Waals surface area contributed by atoms with Crippen molar-refractivity contribution >= 4 is 68.0 Å². The summed E-state index contributed by atoms with van der Waals surface area (Å²) in [5, 5.41) is 1.87. The van der Waals surface area contributed by atoms with Crippen LogP contribution in [0.1, 0.15) is 13.8 Å². The zero-order chi connectivity index (χ0) is 28.7. The van der Waals surface area contributed by atoms with Crippen LogP contribution in [0.4, 0.5) is 0 Å². The normalized spacial score (nSPS) is 11.4. The number of ether oxygens (including phenoxy) is 4. The number of rotatable bonds is 15. The molecule has 0 aliphatic carbocycles. The molecule has 0 aliphatic heterocycles. The van der Waals surface area contributed by atoms with Crippen LogP contribution in [-0.4, -0.2) is 39.6 Å². The Morgan fingerprint density at radius 2 is 0.619 bits per heavy atom. The van der Waals surface area contributed by atoms with Gasteiger partial charge in [-0.05, 0) is 86.6 Å². The maximum atomic E-state index is 5.83. The predicted molar refractivity (Wildman–Crippen MR) is 185 cm³/mol. The molecular formula is C32H30O4S6. The van der Waals surface area contributed by atoms with Crippen molar-refractivity contribution in [2.75, 3.05) is 39.6 Å². The maximum Gasteiger partial charge on any atom is 0.174 e. The smallest absolute Gasteiger partial charge is 0.174 e. The van der Waals surface area contributed by atoms with Gasteiger partial charge in [-0.25, -0.2) is 0 Å². The summed E-state index contributed by atoms with van der Waals surface area (Å²) in [6, 6.07) is 26.3. The highest BCUT2D eigenvalue weighted by atomic mass is 32.1. The third-order valence-corrected chi connectivity index (χ3v) is 13.5. The number of hydrogen-bond donors (Lipinski definition) is 0. The lowest BCUT2D eigenvalue weighted by Crippen LogP contribution is -2.05. The first-order valence-corrected chi connectivity index (χ1v) is 18.6. The minimum Gasteiger partial charge on any atom is -0.482 e. The van der Waals surface area contributed by atoms with E-state index in [1.54, 1.807) is 22.7 Å². The summed E-state index contributed by atoms with van der Waals surface area (Å²) in [6.45, 7) is 7.84. The molecule has 0 spiro atoms. The Hall–Kier alpha value is -2.28. The lowest BCUT2D eigenvalue weighted by Gasteiger charge is -2.02. The monoisotopic (exact) mass is 670 g/mol. The van der Waals surface area contributed by atoms with Crippen LogP contribution in [0.2, 0.25) is 0 Å². The van der Waals surface area contributed by atoms with Crippen molar-refractivity contribution in [2.24, 2.45) is 0 Å². The molecule has 6 heterocycles. The fraction of sp³-hybridized carbons (Fsp3) is 0.250. The molecule has 10 heteroatoms. The molecule has 4 nitrogen and oxygen atoms in total. The van der Waals surface area contributed by atoms with Gasteiger partial charge >= 0.3 is 0 Å². The second-order valence-electron chi connectivity index (χ2n) is 8.98. The van der Waals surface area contributed by atoms with Gasteiger partial charge < -0.3 is 18.9 Å². The molecule has 0 saturated carbocycles. The third-order valence-electron chi connectivity index (χ3n) is 6.15. The molecule has 0 aromatic carbocycles. The molecule has 0 bridgehead atoms. The van der Waals surface area contributed by atoms with Gasteiger partial charge in [-0.2, -0.15) is 0 Å². The molecule has 6 aromatic heterocycles. The average molecular weight is 671 g/mol. The SMILES string of the molecule is CCOCCOc1ccc(-c2ccc(-c3ccc(-c4ccc(-c5ccc(-c6ccc(OCCOCC)s6)s5)s4)s3)s2)s1. The molecule has 0 N–H and O–H groups in total. The molecule has 0 radical (unpaired) electrons. The molecule has 0 aliphatic rings. The molecule has 0 unspecified atom stereocenters. The molecule has 0 amide bonds.